The Morgan fingerprint density at radius 1 is 1.50 bits per heavy atom. The van der Waals surface area contributed by atoms with Gasteiger partial charge in [0.1, 0.15) is 0 Å². The van der Waals surface area contributed by atoms with Gasteiger partial charge < -0.3 is 4.74 Å². The highest BCUT2D eigenvalue weighted by atomic mass is 16.5. The maximum Gasteiger partial charge on any atom is 0.0725 e. The maximum absolute atomic E-state index is 5.58. The van der Waals surface area contributed by atoms with Crippen LogP contribution in [0.3, 0.4) is 0 Å². The third-order valence-corrected chi connectivity index (χ3v) is 2.90. The predicted molar refractivity (Wildman–Crippen MR) is 64.4 cm³/mol. The molecule has 0 spiro atoms. The number of fused-ring (bicyclic) bond motifs is 1. The molecule has 0 radical (unpaired) electrons. The standard InChI is InChI=1S/C13H18N2O/c1-9(2)5-13(15-14)10-3-4-11-7-16-8-12(11)6-10/h3-4,6,13,15H,1,5,7-8,14H2,2H3. The van der Waals surface area contributed by atoms with Crippen LogP contribution in [0.1, 0.15) is 36.1 Å². The van der Waals surface area contributed by atoms with Gasteiger partial charge in [-0.3, -0.25) is 11.3 Å². The van der Waals surface area contributed by atoms with Crippen LogP contribution >= 0.6 is 0 Å². The van der Waals surface area contributed by atoms with Crippen molar-refractivity contribution in [3.8, 4) is 0 Å². The van der Waals surface area contributed by atoms with Crippen LogP contribution in [0, 0.1) is 0 Å². The summed E-state index contributed by atoms with van der Waals surface area (Å²) in [5.41, 5.74) is 7.73. The van der Waals surface area contributed by atoms with Crippen LogP contribution < -0.4 is 11.3 Å². The summed E-state index contributed by atoms with van der Waals surface area (Å²) in [4.78, 5) is 0. The van der Waals surface area contributed by atoms with Crippen molar-refractivity contribution >= 4 is 0 Å². The Balaban J connectivity index is 2.21. The van der Waals surface area contributed by atoms with Gasteiger partial charge in [0, 0.05) is 6.04 Å². The fourth-order valence-electron chi connectivity index (χ4n) is 2.03. The zero-order chi connectivity index (χ0) is 11.5. The minimum absolute atomic E-state index is 0.142. The van der Waals surface area contributed by atoms with Crippen LogP contribution in [0.25, 0.3) is 0 Å². The molecule has 0 bridgehead atoms. The molecule has 1 unspecified atom stereocenters. The molecular weight excluding hydrogens is 200 g/mol. The van der Waals surface area contributed by atoms with Crippen LogP contribution in [0.5, 0.6) is 0 Å². The Morgan fingerprint density at radius 2 is 2.25 bits per heavy atom. The summed E-state index contributed by atoms with van der Waals surface area (Å²) in [6, 6.07) is 6.56. The van der Waals surface area contributed by atoms with Gasteiger partial charge in [-0.15, -0.1) is 6.58 Å². The molecule has 86 valence electrons. The fourth-order valence-corrected chi connectivity index (χ4v) is 2.03. The number of nitrogens with two attached hydrogens (primary N) is 1. The van der Waals surface area contributed by atoms with Crippen molar-refractivity contribution in [1.82, 2.24) is 5.43 Å². The Labute approximate surface area is 96.3 Å². The number of benzene rings is 1. The molecule has 2 rings (SSSR count). The molecule has 0 amide bonds. The first-order valence-corrected chi connectivity index (χ1v) is 5.50. The average molecular weight is 218 g/mol. The van der Waals surface area contributed by atoms with Gasteiger partial charge in [-0.05, 0) is 30.0 Å². The first-order chi connectivity index (χ1) is 7.70. The van der Waals surface area contributed by atoms with Crippen molar-refractivity contribution in [2.75, 3.05) is 0 Å². The molecule has 1 atom stereocenters. The number of hydrogen-bond acceptors (Lipinski definition) is 3. The second kappa shape index (κ2) is 4.78. The second-order valence-electron chi connectivity index (χ2n) is 4.40. The van der Waals surface area contributed by atoms with E-state index in [-0.39, 0.29) is 6.04 Å². The molecule has 0 aliphatic carbocycles. The van der Waals surface area contributed by atoms with Crippen molar-refractivity contribution in [3.63, 3.8) is 0 Å². The molecule has 16 heavy (non-hydrogen) atoms. The summed E-state index contributed by atoms with van der Waals surface area (Å²) < 4.78 is 5.40. The highest BCUT2D eigenvalue weighted by Crippen LogP contribution is 2.26. The van der Waals surface area contributed by atoms with Gasteiger partial charge in [0.05, 0.1) is 13.2 Å². The van der Waals surface area contributed by atoms with E-state index in [0.29, 0.717) is 6.61 Å². The van der Waals surface area contributed by atoms with Crippen LogP contribution in [0.4, 0.5) is 0 Å². The van der Waals surface area contributed by atoms with E-state index >= 15 is 0 Å². The van der Waals surface area contributed by atoms with E-state index in [2.05, 4.69) is 30.2 Å². The topological polar surface area (TPSA) is 47.3 Å². The van der Waals surface area contributed by atoms with Crippen molar-refractivity contribution in [1.29, 1.82) is 0 Å². The van der Waals surface area contributed by atoms with Gasteiger partial charge in [0.25, 0.3) is 0 Å². The van der Waals surface area contributed by atoms with Gasteiger partial charge in [0.15, 0.2) is 0 Å². The largest absolute Gasteiger partial charge is 0.372 e. The monoisotopic (exact) mass is 218 g/mol. The normalized spacial score (nSPS) is 15.9. The fraction of sp³-hybridized carbons (Fsp3) is 0.385. The lowest BCUT2D eigenvalue weighted by molar-refractivity contribution is 0.134. The third kappa shape index (κ3) is 2.32. The SMILES string of the molecule is C=C(C)CC(NN)c1ccc2c(c1)COC2. The van der Waals surface area contributed by atoms with Crippen molar-refractivity contribution in [2.45, 2.75) is 32.6 Å². The number of ether oxygens (including phenoxy) is 1. The first kappa shape index (κ1) is 11.3. The van der Waals surface area contributed by atoms with Gasteiger partial charge in [0.2, 0.25) is 0 Å². The summed E-state index contributed by atoms with van der Waals surface area (Å²) in [7, 11) is 0. The molecule has 0 aromatic heterocycles. The van der Waals surface area contributed by atoms with Crippen molar-refractivity contribution in [2.24, 2.45) is 5.84 Å². The van der Waals surface area contributed by atoms with Crippen LogP contribution in [0.2, 0.25) is 0 Å². The van der Waals surface area contributed by atoms with Crippen LogP contribution in [-0.2, 0) is 18.0 Å². The van der Waals surface area contributed by atoms with Gasteiger partial charge >= 0.3 is 0 Å². The van der Waals surface area contributed by atoms with Crippen LogP contribution in [0.15, 0.2) is 30.4 Å². The lowest BCUT2D eigenvalue weighted by atomic mass is 9.97. The minimum Gasteiger partial charge on any atom is -0.372 e. The molecule has 1 aliphatic rings. The zero-order valence-electron chi connectivity index (χ0n) is 9.62. The molecule has 0 fully saturated rings. The molecule has 1 aliphatic heterocycles. The molecule has 0 saturated heterocycles. The minimum atomic E-state index is 0.142. The van der Waals surface area contributed by atoms with E-state index in [1.807, 2.05) is 6.92 Å². The highest BCUT2D eigenvalue weighted by Gasteiger charge is 2.15. The Kier molecular flexibility index (Phi) is 3.39. The quantitative estimate of drug-likeness (QED) is 0.462. The van der Waals surface area contributed by atoms with Crippen molar-refractivity contribution in [3.05, 3.63) is 47.0 Å². The summed E-state index contributed by atoms with van der Waals surface area (Å²) in [6.07, 6.45) is 0.857. The van der Waals surface area contributed by atoms with Crippen molar-refractivity contribution < 1.29 is 4.74 Å². The number of hydrogen-bond donors (Lipinski definition) is 2. The van der Waals surface area contributed by atoms with E-state index in [4.69, 9.17) is 10.6 Å². The molecule has 1 aromatic carbocycles. The van der Waals surface area contributed by atoms with E-state index in [1.54, 1.807) is 0 Å². The maximum atomic E-state index is 5.58. The van der Waals surface area contributed by atoms with Gasteiger partial charge in [-0.1, -0.05) is 23.8 Å². The molecule has 3 nitrogen and oxygen atoms in total. The summed E-state index contributed by atoms with van der Waals surface area (Å²) in [5, 5.41) is 0. The van der Waals surface area contributed by atoms with Crippen LogP contribution in [-0.4, -0.2) is 0 Å². The Hall–Kier alpha value is -1.16. The zero-order valence-corrected chi connectivity index (χ0v) is 9.62. The highest BCUT2D eigenvalue weighted by molar-refractivity contribution is 5.35. The third-order valence-electron chi connectivity index (χ3n) is 2.90. The van der Waals surface area contributed by atoms with E-state index in [9.17, 15) is 0 Å². The average Bonchev–Trinajstić information content (AvgIpc) is 2.72. The van der Waals surface area contributed by atoms with E-state index in [1.165, 1.54) is 16.7 Å². The predicted octanol–water partition coefficient (Wildman–Crippen LogP) is 2.19. The smallest absolute Gasteiger partial charge is 0.0725 e. The Morgan fingerprint density at radius 3 is 2.94 bits per heavy atom. The number of rotatable bonds is 4. The molecule has 1 heterocycles. The summed E-state index contributed by atoms with van der Waals surface area (Å²) >= 11 is 0. The first-order valence-electron chi connectivity index (χ1n) is 5.50. The molecule has 3 N–H and O–H groups in total. The number of nitrogens with one attached hydrogen (secondary N) is 1. The molecule has 3 heteroatoms. The van der Waals surface area contributed by atoms with E-state index in [0.717, 1.165) is 18.6 Å². The molecule has 1 aromatic rings. The van der Waals surface area contributed by atoms with E-state index < -0.39 is 0 Å². The van der Waals surface area contributed by atoms with Gasteiger partial charge in [-0.25, -0.2) is 0 Å². The molecular formula is C13H18N2O. The summed E-state index contributed by atoms with van der Waals surface area (Å²) in [6.45, 7) is 7.38. The second-order valence-corrected chi connectivity index (χ2v) is 4.40. The summed E-state index contributed by atoms with van der Waals surface area (Å²) in [5.74, 6) is 5.58. The lowest BCUT2D eigenvalue weighted by Crippen LogP contribution is -2.28. The van der Waals surface area contributed by atoms with Gasteiger partial charge in [-0.2, -0.15) is 0 Å². The molecule has 0 saturated carbocycles. The Bertz CT molecular complexity index is 401. The lowest BCUT2D eigenvalue weighted by Gasteiger charge is -2.17. The number of hydrazine groups is 1.